The molecule has 5 rings (SSSR count). The van der Waals surface area contributed by atoms with E-state index in [0.717, 1.165) is 16.8 Å². The molecule has 1 amide bonds. The van der Waals surface area contributed by atoms with E-state index in [1.807, 2.05) is 42.5 Å². The van der Waals surface area contributed by atoms with Crippen LogP contribution in [0.5, 0.6) is 0 Å². The lowest BCUT2D eigenvalue weighted by atomic mass is 10.0. The SMILES string of the molecule is Cc1cc(NC(=O)CSc2nnc3ccc(-c4ccc(-c5ccccc5)cc4)nn23)no1. The molecule has 0 saturated carbocycles. The largest absolute Gasteiger partial charge is 0.360 e. The van der Waals surface area contributed by atoms with E-state index in [4.69, 9.17) is 4.52 Å². The Morgan fingerprint density at radius 2 is 1.72 bits per heavy atom. The highest BCUT2D eigenvalue weighted by Gasteiger charge is 2.13. The smallest absolute Gasteiger partial charge is 0.236 e. The summed E-state index contributed by atoms with van der Waals surface area (Å²) in [6.07, 6.45) is 0. The van der Waals surface area contributed by atoms with Crippen LogP contribution in [-0.4, -0.2) is 36.6 Å². The molecule has 0 aliphatic rings. The molecule has 0 bridgehead atoms. The zero-order valence-electron chi connectivity index (χ0n) is 17.1. The van der Waals surface area contributed by atoms with Gasteiger partial charge in [-0.3, -0.25) is 4.79 Å². The van der Waals surface area contributed by atoms with Crippen molar-refractivity contribution < 1.29 is 9.32 Å². The number of rotatable bonds is 6. The summed E-state index contributed by atoms with van der Waals surface area (Å²) in [6, 6.07) is 23.9. The molecule has 0 fully saturated rings. The average Bonchev–Trinajstić information content (AvgIpc) is 3.43. The fraction of sp³-hybridized carbons (Fsp3) is 0.0870. The van der Waals surface area contributed by atoms with Gasteiger partial charge in [0.05, 0.1) is 11.4 Å². The van der Waals surface area contributed by atoms with Crippen LogP contribution in [0.4, 0.5) is 5.82 Å². The van der Waals surface area contributed by atoms with Gasteiger partial charge in [-0.2, -0.15) is 9.61 Å². The normalized spacial score (nSPS) is 11.0. The summed E-state index contributed by atoms with van der Waals surface area (Å²) >= 11 is 1.25. The first kappa shape index (κ1) is 20.0. The molecule has 0 spiro atoms. The predicted octanol–water partition coefficient (Wildman–Crippen LogP) is 4.49. The highest BCUT2D eigenvalue weighted by atomic mass is 32.2. The molecular formula is C23H18N6O2S. The Balaban J connectivity index is 1.33. The summed E-state index contributed by atoms with van der Waals surface area (Å²) in [5, 5.41) is 20.0. The molecule has 0 aliphatic carbocycles. The van der Waals surface area contributed by atoms with Gasteiger partial charge in [0.25, 0.3) is 0 Å². The summed E-state index contributed by atoms with van der Waals surface area (Å²) < 4.78 is 6.60. The van der Waals surface area contributed by atoms with Crippen LogP contribution in [0.3, 0.4) is 0 Å². The molecule has 3 heterocycles. The van der Waals surface area contributed by atoms with Gasteiger partial charge in [0.1, 0.15) is 5.76 Å². The van der Waals surface area contributed by atoms with Crippen LogP contribution in [0, 0.1) is 6.92 Å². The highest BCUT2D eigenvalue weighted by molar-refractivity contribution is 7.99. The number of carbonyl (C=O) groups excluding carboxylic acids is 1. The molecule has 9 heteroatoms. The minimum atomic E-state index is -0.215. The molecule has 0 aliphatic heterocycles. The minimum Gasteiger partial charge on any atom is -0.360 e. The van der Waals surface area contributed by atoms with Crippen LogP contribution in [0.1, 0.15) is 5.76 Å². The Hall–Kier alpha value is -3.98. The number of nitrogens with zero attached hydrogens (tertiary/aromatic N) is 5. The number of benzene rings is 2. The van der Waals surface area contributed by atoms with E-state index in [1.165, 1.54) is 17.3 Å². The van der Waals surface area contributed by atoms with E-state index in [1.54, 1.807) is 17.5 Å². The first-order chi connectivity index (χ1) is 15.7. The van der Waals surface area contributed by atoms with E-state index in [-0.39, 0.29) is 11.7 Å². The van der Waals surface area contributed by atoms with Gasteiger partial charge in [0.2, 0.25) is 11.1 Å². The van der Waals surface area contributed by atoms with Crippen LogP contribution in [0.2, 0.25) is 0 Å². The fourth-order valence-electron chi connectivity index (χ4n) is 3.21. The standard InChI is InChI=1S/C23H18N6O2S/c1-15-13-20(28-31-15)24-22(30)14-32-23-26-25-21-12-11-19(27-29(21)23)18-9-7-17(8-10-18)16-5-3-2-4-6-16/h2-13H,14H2,1H3,(H,24,28,30). The zero-order chi connectivity index (χ0) is 21.9. The molecule has 5 aromatic rings. The number of hydrogen-bond donors (Lipinski definition) is 1. The molecule has 0 saturated heterocycles. The first-order valence-corrected chi connectivity index (χ1v) is 10.9. The molecule has 32 heavy (non-hydrogen) atoms. The molecule has 0 radical (unpaired) electrons. The third kappa shape index (κ3) is 4.23. The van der Waals surface area contributed by atoms with Gasteiger partial charge >= 0.3 is 0 Å². The topological polar surface area (TPSA) is 98.2 Å². The van der Waals surface area contributed by atoms with E-state index in [2.05, 4.69) is 50.0 Å². The lowest BCUT2D eigenvalue weighted by Crippen LogP contribution is -2.14. The van der Waals surface area contributed by atoms with Gasteiger partial charge in [0, 0.05) is 11.6 Å². The van der Waals surface area contributed by atoms with E-state index < -0.39 is 0 Å². The Kier molecular flexibility index (Phi) is 5.39. The van der Waals surface area contributed by atoms with Crippen molar-refractivity contribution in [3.63, 3.8) is 0 Å². The summed E-state index contributed by atoms with van der Waals surface area (Å²) in [6.45, 7) is 1.76. The maximum Gasteiger partial charge on any atom is 0.236 e. The summed E-state index contributed by atoms with van der Waals surface area (Å²) in [7, 11) is 0. The number of thioether (sulfide) groups is 1. The van der Waals surface area contributed by atoms with Crippen molar-refractivity contribution in [2.24, 2.45) is 0 Å². The van der Waals surface area contributed by atoms with Gasteiger partial charge < -0.3 is 9.84 Å². The Morgan fingerprint density at radius 1 is 0.969 bits per heavy atom. The number of hydrogen-bond acceptors (Lipinski definition) is 7. The van der Waals surface area contributed by atoms with Crippen molar-refractivity contribution in [3.8, 4) is 22.4 Å². The van der Waals surface area contributed by atoms with Gasteiger partial charge in [-0.1, -0.05) is 71.5 Å². The quantitative estimate of drug-likeness (QED) is 0.387. The van der Waals surface area contributed by atoms with Crippen molar-refractivity contribution in [3.05, 3.63) is 78.6 Å². The Morgan fingerprint density at radius 3 is 2.47 bits per heavy atom. The highest BCUT2D eigenvalue weighted by Crippen LogP contribution is 2.25. The average molecular weight is 443 g/mol. The monoisotopic (exact) mass is 442 g/mol. The minimum absolute atomic E-state index is 0.143. The molecule has 1 N–H and O–H groups in total. The number of fused-ring (bicyclic) bond motifs is 1. The Bertz CT molecular complexity index is 1380. The molecular weight excluding hydrogens is 424 g/mol. The van der Waals surface area contributed by atoms with Gasteiger partial charge in [-0.15, -0.1) is 10.2 Å². The van der Waals surface area contributed by atoms with Crippen molar-refractivity contribution in [1.29, 1.82) is 0 Å². The van der Waals surface area contributed by atoms with Gasteiger partial charge in [-0.25, -0.2) is 0 Å². The molecule has 158 valence electrons. The van der Waals surface area contributed by atoms with Crippen molar-refractivity contribution >= 4 is 29.1 Å². The van der Waals surface area contributed by atoms with Crippen LogP contribution >= 0.6 is 11.8 Å². The number of amides is 1. The van der Waals surface area contributed by atoms with Crippen molar-refractivity contribution in [2.45, 2.75) is 12.1 Å². The lowest BCUT2D eigenvalue weighted by molar-refractivity contribution is -0.113. The van der Waals surface area contributed by atoms with E-state index >= 15 is 0 Å². The first-order valence-electron chi connectivity index (χ1n) is 9.90. The van der Waals surface area contributed by atoms with Crippen molar-refractivity contribution in [1.82, 2.24) is 25.0 Å². The van der Waals surface area contributed by atoms with Crippen LogP contribution in [0.25, 0.3) is 28.0 Å². The molecule has 2 aromatic carbocycles. The number of anilines is 1. The van der Waals surface area contributed by atoms with E-state index in [0.29, 0.717) is 22.4 Å². The lowest BCUT2D eigenvalue weighted by Gasteiger charge is -2.05. The van der Waals surface area contributed by atoms with Crippen molar-refractivity contribution in [2.75, 3.05) is 11.1 Å². The number of carbonyl (C=O) groups is 1. The number of nitrogens with one attached hydrogen (secondary N) is 1. The van der Waals surface area contributed by atoms with Gasteiger partial charge in [-0.05, 0) is 30.2 Å². The number of aryl methyl sites for hydroxylation is 1. The molecule has 8 nitrogen and oxygen atoms in total. The summed E-state index contributed by atoms with van der Waals surface area (Å²) in [4.78, 5) is 12.2. The molecule has 0 atom stereocenters. The fourth-order valence-corrected chi connectivity index (χ4v) is 3.90. The maximum absolute atomic E-state index is 12.2. The number of aromatic nitrogens is 5. The summed E-state index contributed by atoms with van der Waals surface area (Å²) in [5.74, 6) is 0.945. The zero-order valence-corrected chi connectivity index (χ0v) is 17.9. The van der Waals surface area contributed by atoms with Crippen LogP contribution in [0.15, 0.2) is 82.5 Å². The molecule has 3 aromatic heterocycles. The van der Waals surface area contributed by atoms with Crippen LogP contribution in [-0.2, 0) is 4.79 Å². The molecule has 0 unspecified atom stereocenters. The second kappa shape index (κ2) is 8.64. The van der Waals surface area contributed by atoms with Crippen LogP contribution < -0.4 is 5.32 Å². The second-order valence-corrected chi connectivity index (χ2v) is 8.02. The predicted molar refractivity (Wildman–Crippen MR) is 122 cm³/mol. The maximum atomic E-state index is 12.2. The second-order valence-electron chi connectivity index (χ2n) is 7.07. The Labute approximate surface area is 187 Å². The third-order valence-corrected chi connectivity index (χ3v) is 5.67. The third-order valence-electron chi connectivity index (χ3n) is 4.75. The summed E-state index contributed by atoms with van der Waals surface area (Å²) in [5.41, 5.74) is 4.70. The van der Waals surface area contributed by atoms with E-state index in [9.17, 15) is 4.79 Å². The van der Waals surface area contributed by atoms with Gasteiger partial charge in [0.15, 0.2) is 11.5 Å².